The van der Waals surface area contributed by atoms with Gasteiger partial charge in [-0.15, -0.1) is 0 Å². The van der Waals surface area contributed by atoms with Crippen LogP contribution in [0.15, 0.2) is 446 Å². The van der Waals surface area contributed by atoms with E-state index in [0.29, 0.717) is 13.4 Å². The molecule has 1 radical (unpaired) electrons. The van der Waals surface area contributed by atoms with Gasteiger partial charge in [-0.1, -0.05) is 329 Å². The van der Waals surface area contributed by atoms with Crippen molar-refractivity contribution < 1.29 is 9.68 Å². The predicted molar refractivity (Wildman–Crippen MR) is 493 cm³/mol. The van der Waals surface area contributed by atoms with Crippen LogP contribution in [0.3, 0.4) is 0 Å². The molecule has 21 rings (SSSR count). The zero-order valence-electron chi connectivity index (χ0n) is 62.6. The molecule has 21 aromatic rings. The second-order valence-corrected chi connectivity index (χ2v) is 30.1. The molecule has 0 aliphatic carbocycles. The monoisotopic (exact) mass is 1600 g/mol. The first-order valence-corrected chi connectivity index (χ1v) is 40.0. The largest absolute Gasteiger partial charge is 0.569 e. The van der Waals surface area contributed by atoms with Gasteiger partial charge >= 0.3 is 7.69 Å². The Bertz CT molecular complexity index is 6950. The van der Waals surface area contributed by atoms with E-state index in [1.54, 1.807) is 0 Å². The molecule has 0 aliphatic heterocycles. The molecule has 18 aromatic carbocycles. The molecule has 6 nitrogen and oxygen atoms in total. The lowest BCUT2D eigenvalue weighted by molar-refractivity contribution is 0.454. The van der Waals surface area contributed by atoms with Crippen molar-refractivity contribution in [2.24, 2.45) is 0 Å². The summed E-state index contributed by atoms with van der Waals surface area (Å²) in [7, 11) is 0.711. The Balaban J connectivity index is 0.000000107. The van der Waals surface area contributed by atoms with Gasteiger partial charge in [0.05, 0.1) is 33.1 Å². The van der Waals surface area contributed by atoms with Crippen LogP contribution >= 0.6 is 31.9 Å². The van der Waals surface area contributed by atoms with E-state index in [2.05, 4.69) is 451 Å². The van der Waals surface area contributed by atoms with Crippen molar-refractivity contribution in [2.45, 2.75) is 0 Å². The molecule has 547 valence electrons. The third-order valence-corrected chi connectivity index (χ3v) is 22.3. The minimum atomic E-state index is 0.609. The molecule has 0 atom stereocenters. The molecule has 0 spiro atoms. The van der Waals surface area contributed by atoms with Gasteiger partial charge in [0.2, 0.25) is 0 Å². The molecule has 3 aromatic heterocycles. The first-order chi connectivity index (χ1) is 56.8. The summed E-state index contributed by atoms with van der Waals surface area (Å²) in [5.74, 6) is 0.609. The van der Waals surface area contributed by atoms with Gasteiger partial charge in [-0.05, 0) is 212 Å². The Hall–Kier alpha value is -13.8. The summed E-state index contributed by atoms with van der Waals surface area (Å²) in [4.78, 5) is 0. The van der Waals surface area contributed by atoms with Crippen LogP contribution in [0, 0.1) is 0 Å². The summed E-state index contributed by atoms with van der Waals surface area (Å²) in [6.07, 6.45) is 0. The Morgan fingerprint density at radius 3 is 0.930 bits per heavy atom. The maximum atomic E-state index is 8.96. The van der Waals surface area contributed by atoms with E-state index >= 15 is 0 Å². The minimum Gasteiger partial charge on any atom is -0.537 e. The van der Waals surface area contributed by atoms with Crippen LogP contribution in [0.4, 0.5) is 11.4 Å². The number of hydrogen-bond donors (Lipinski definition) is 2. The molecular weight excluding hydrogens is 1530 g/mol. The first kappa shape index (κ1) is 72.7. The summed E-state index contributed by atoms with van der Waals surface area (Å²) >= 11 is 7.05. The van der Waals surface area contributed by atoms with Gasteiger partial charge in [-0.3, -0.25) is 0 Å². The topological polar surface area (TPSA) is 56.3 Å². The number of nitrogens with zero attached hydrogens (tertiary/aromatic N) is 3. The van der Waals surface area contributed by atoms with Gasteiger partial charge in [-0.2, -0.15) is 0 Å². The Morgan fingerprint density at radius 1 is 0.226 bits per heavy atom. The summed E-state index contributed by atoms with van der Waals surface area (Å²) in [5, 5.41) is 22.3. The maximum Gasteiger partial charge on any atom is 0.569 e. The first-order valence-electron chi connectivity index (χ1n) is 38.4. The average Bonchev–Trinajstić information content (AvgIpc) is 1.61. The zero-order valence-corrected chi connectivity index (χ0v) is 65.8. The smallest absolute Gasteiger partial charge is 0.537 e. The summed E-state index contributed by atoms with van der Waals surface area (Å²) in [6, 6.07) is 154. The van der Waals surface area contributed by atoms with Crippen molar-refractivity contribution in [1.82, 2.24) is 13.7 Å². The average molecular weight is 1610 g/mol. The van der Waals surface area contributed by atoms with Crippen LogP contribution in [-0.4, -0.2) is 26.4 Å². The molecule has 0 saturated carbocycles. The number of hydrogen-bond acceptors (Lipinski definition) is 3. The third-order valence-electron chi connectivity index (χ3n) is 21.3. The van der Waals surface area contributed by atoms with E-state index in [-0.39, 0.29) is 0 Å². The van der Waals surface area contributed by atoms with Crippen LogP contribution in [0.2, 0.25) is 0 Å². The number of aromatic nitrogens is 3. The van der Waals surface area contributed by atoms with Gasteiger partial charge in [0.25, 0.3) is 0 Å². The number of nitrogens with one attached hydrogen (secondary N) is 1. The lowest BCUT2D eigenvalue weighted by atomic mass is 9.99. The van der Waals surface area contributed by atoms with Gasteiger partial charge in [0, 0.05) is 75.1 Å². The molecule has 3 heterocycles. The fraction of sp³-hybridized carbons (Fsp3) is 0. The second-order valence-electron chi connectivity index (χ2n) is 28.3. The number of benzene rings is 18. The molecule has 2 N–H and O–H groups in total. The van der Waals surface area contributed by atoms with Crippen molar-refractivity contribution in [1.29, 1.82) is 0 Å². The van der Waals surface area contributed by atoms with Crippen molar-refractivity contribution in [3.8, 4) is 89.6 Å². The highest BCUT2D eigenvalue weighted by molar-refractivity contribution is 9.10. The summed E-state index contributed by atoms with van der Waals surface area (Å²) in [5.41, 5.74) is 27.5. The second kappa shape index (κ2) is 33.3. The highest BCUT2D eigenvalue weighted by atomic mass is 79.9. The molecule has 9 heteroatoms. The molecule has 0 amide bonds. The number of halogens is 2. The Labute approximate surface area is 685 Å². The number of rotatable bonds is 13. The fourth-order valence-corrected chi connectivity index (χ4v) is 16.2. The van der Waals surface area contributed by atoms with Gasteiger partial charge in [0.15, 0.2) is 0 Å². The molecular formula is C106H74BBr2N4O2. The number of para-hydroxylation sites is 4. The summed E-state index contributed by atoms with van der Waals surface area (Å²) < 4.78 is 14.3. The van der Waals surface area contributed by atoms with E-state index in [0.717, 1.165) is 47.8 Å². The van der Waals surface area contributed by atoms with Crippen LogP contribution in [-0.2, 0) is 0 Å². The van der Waals surface area contributed by atoms with Gasteiger partial charge < -0.3 is 28.7 Å². The van der Waals surface area contributed by atoms with Crippen LogP contribution < -0.4 is 9.97 Å². The van der Waals surface area contributed by atoms with E-state index in [1.165, 1.54) is 133 Å². The Kier molecular flexibility index (Phi) is 21.0. The van der Waals surface area contributed by atoms with Gasteiger partial charge in [0.1, 0.15) is 5.75 Å². The molecule has 0 saturated heterocycles. The van der Waals surface area contributed by atoms with E-state index in [9.17, 15) is 0 Å². The highest BCUT2D eigenvalue weighted by Gasteiger charge is 2.18. The number of anilines is 2. The molecule has 0 bridgehead atoms. The van der Waals surface area contributed by atoms with Crippen LogP contribution in [0.5, 0.6) is 5.75 Å². The molecule has 0 unspecified atom stereocenters. The van der Waals surface area contributed by atoms with Crippen molar-refractivity contribution in [3.63, 3.8) is 0 Å². The minimum absolute atomic E-state index is 0.609. The zero-order chi connectivity index (χ0) is 77.4. The van der Waals surface area contributed by atoms with E-state index < -0.39 is 0 Å². The SMILES string of the molecule is Brc1ccc(-c2ccc(-c3ccc4c(c3)c3ccccc3n4-c3ccccc3)cc2)cc1.Brc1ccc(-c2ccc3c(c2)c2ccccc2n3-c2ccc(-c3ccccc3)cc2)cc1.O[B]Oc1ccc2c(c1)c1ccccc1n2-c1ccc(-c2ccccc2)cc1.c1ccc(-c2ccc(Nc3cccc4ccccc34)cc2)cc1. The highest BCUT2D eigenvalue weighted by Crippen LogP contribution is 2.40. The van der Waals surface area contributed by atoms with Crippen LogP contribution in [0.25, 0.3) is 160 Å². The van der Waals surface area contributed by atoms with Crippen molar-refractivity contribution in [2.75, 3.05) is 5.32 Å². The normalized spacial score (nSPS) is 11.1. The molecule has 115 heavy (non-hydrogen) atoms. The van der Waals surface area contributed by atoms with Gasteiger partial charge in [-0.25, -0.2) is 0 Å². The molecule has 0 aliphatic rings. The molecule has 0 fully saturated rings. The van der Waals surface area contributed by atoms with Crippen LogP contribution in [0.1, 0.15) is 0 Å². The number of fused-ring (bicyclic) bond motifs is 10. The van der Waals surface area contributed by atoms with E-state index in [1.807, 2.05) is 36.4 Å². The summed E-state index contributed by atoms with van der Waals surface area (Å²) in [6.45, 7) is 0. The fourth-order valence-electron chi connectivity index (χ4n) is 15.7. The third kappa shape index (κ3) is 15.4. The lowest BCUT2D eigenvalue weighted by Gasteiger charge is -2.10. The standard InChI is InChI=1S/2C30H20BrN.C24H17BNO2.C22H17N/c31-25-15-10-23(11-16-25)24-14-19-30-28(20-24)27-8-4-5-9-29(27)32(30)26-17-12-22(13-18-26)21-6-2-1-3-7-21;31-25-17-14-22(15-18-25)21-10-12-23(13-11-21)24-16-19-30-28(20-24)27-8-4-5-9-29(27)32(30)26-6-2-1-3-7-26;27-25-28-20-14-15-24-22(16-20)21-8-4-5-9-23(21)26(24)19-12-10-18(11-13-19)17-6-2-1-3-7-17;1-2-7-17(8-3-1)18-13-15-20(16-14-18)23-22-12-6-10-19-9-4-5-11-21(19)22/h2*1-20H;1-16,27H;1-16,23H. The quantitative estimate of drug-likeness (QED) is 0.113. The maximum absolute atomic E-state index is 8.96. The van der Waals surface area contributed by atoms with Crippen molar-refractivity contribution in [3.05, 3.63) is 446 Å². The van der Waals surface area contributed by atoms with Crippen molar-refractivity contribution >= 4 is 127 Å². The Morgan fingerprint density at radius 2 is 0.513 bits per heavy atom. The lowest BCUT2D eigenvalue weighted by Crippen LogP contribution is -1.99. The van der Waals surface area contributed by atoms with E-state index in [4.69, 9.17) is 9.68 Å². The predicted octanol–water partition coefficient (Wildman–Crippen LogP) is 29.4.